The number of aromatic nitrogens is 1. The number of carboxylic acids is 1. The third-order valence-corrected chi connectivity index (χ3v) is 5.48. The molecule has 2 heterocycles. The average molecular weight is 566 g/mol. The van der Waals surface area contributed by atoms with Gasteiger partial charge in [-0.3, -0.25) is 19.2 Å². The van der Waals surface area contributed by atoms with E-state index in [9.17, 15) is 29.1 Å². The maximum Gasteiger partial charge on any atom is 1.00 e. The van der Waals surface area contributed by atoms with Crippen LogP contribution >= 0.6 is 11.3 Å². The van der Waals surface area contributed by atoms with Crippen LogP contribution in [0.2, 0.25) is 0 Å². The van der Waals surface area contributed by atoms with Gasteiger partial charge in [-0.25, -0.2) is 14.8 Å². The van der Waals surface area contributed by atoms with Crippen LogP contribution in [0.5, 0.6) is 0 Å². The Bertz CT molecular complexity index is 1100. The van der Waals surface area contributed by atoms with Gasteiger partial charge in [0, 0.05) is 5.38 Å². The van der Waals surface area contributed by atoms with Gasteiger partial charge in [-0.1, -0.05) is 5.16 Å². The van der Waals surface area contributed by atoms with Crippen LogP contribution in [0, 0.1) is 5.41 Å². The Kier molecular flexibility index (Phi) is 11.7. The van der Waals surface area contributed by atoms with Crippen molar-refractivity contribution in [3.8, 4) is 0 Å². The number of nitrogens with one attached hydrogen (secondary N) is 1. The van der Waals surface area contributed by atoms with Gasteiger partial charge in [0.05, 0.1) is 17.4 Å². The Labute approximate surface area is 244 Å². The van der Waals surface area contributed by atoms with Crippen LogP contribution in [-0.2, 0) is 43.1 Å². The molecule has 38 heavy (non-hydrogen) atoms. The predicted octanol–water partition coefficient (Wildman–Crippen LogP) is -4.28. The van der Waals surface area contributed by atoms with E-state index >= 15 is 0 Å². The molecule has 2 rings (SSSR count). The summed E-state index contributed by atoms with van der Waals surface area (Å²) in [5.74, 6) is -4.61. The van der Waals surface area contributed by atoms with Gasteiger partial charge in [0.1, 0.15) is 11.7 Å². The Morgan fingerprint density at radius 3 is 2.34 bits per heavy atom. The normalized spacial score (nSPS) is 17.6. The van der Waals surface area contributed by atoms with Gasteiger partial charge in [-0.2, -0.15) is 0 Å². The van der Waals surface area contributed by atoms with Crippen LogP contribution in [0.15, 0.2) is 10.5 Å². The zero-order valence-electron chi connectivity index (χ0n) is 22.1. The minimum Gasteiger partial charge on any atom is -0.546 e. The monoisotopic (exact) mass is 565 g/mol. The second kappa shape index (κ2) is 13.3. The molecule has 1 fully saturated rings. The summed E-state index contributed by atoms with van der Waals surface area (Å²) in [6.45, 7) is 7.52. The van der Waals surface area contributed by atoms with Crippen LogP contribution in [0.1, 0.15) is 47.2 Å². The Morgan fingerprint density at radius 2 is 1.84 bits per heavy atom. The second-order valence-corrected chi connectivity index (χ2v) is 10.2. The van der Waals surface area contributed by atoms with Gasteiger partial charge in [0.2, 0.25) is 6.79 Å². The molecule has 1 aromatic rings. The molecule has 15 nitrogen and oxygen atoms in total. The fourth-order valence-electron chi connectivity index (χ4n) is 2.50. The molecule has 0 aromatic carbocycles. The molecule has 0 saturated carbocycles. The number of thiazole rings is 1. The molecule has 1 aliphatic rings. The molecular weight excluding hydrogens is 537 g/mol. The van der Waals surface area contributed by atoms with E-state index in [1.165, 1.54) is 26.2 Å². The van der Waals surface area contributed by atoms with E-state index in [4.69, 9.17) is 24.9 Å². The molecule has 2 amide bonds. The average Bonchev–Trinajstić information content (AvgIpc) is 3.22. The number of nitrogens with zero attached hydrogens (tertiary/aromatic N) is 3. The molecule has 0 spiro atoms. The maximum absolute atomic E-state index is 12.9. The molecule has 17 heteroatoms. The summed E-state index contributed by atoms with van der Waals surface area (Å²) in [5.41, 5.74) is 2.55. The number of rotatable bonds is 11. The molecule has 1 saturated heterocycles. The Balaban J connectivity index is 0.00000722. The number of carbonyl (C=O) groups is 5. The number of amides is 2. The number of esters is 2. The summed E-state index contributed by atoms with van der Waals surface area (Å²) in [5, 5.41) is 19.6. The smallest absolute Gasteiger partial charge is 0.546 e. The van der Waals surface area contributed by atoms with Crippen molar-refractivity contribution in [2.75, 3.05) is 19.1 Å². The molecule has 0 aliphatic carbocycles. The summed E-state index contributed by atoms with van der Waals surface area (Å²) in [7, 11) is 0. The van der Waals surface area contributed by atoms with Crippen molar-refractivity contribution in [1.82, 2.24) is 15.4 Å². The van der Waals surface area contributed by atoms with Crippen molar-refractivity contribution in [1.29, 1.82) is 0 Å². The molecule has 0 radical (unpaired) electrons. The number of β-lactam (4-membered cyclic amide) rings is 1. The number of carbonyl (C=O) groups excluding carboxylic acids is 5. The third kappa shape index (κ3) is 8.62. The molecule has 204 valence electrons. The van der Waals surface area contributed by atoms with Crippen molar-refractivity contribution < 1.29 is 77.8 Å². The maximum atomic E-state index is 12.9. The predicted molar refractivity (Wildman–Crippen MR) is 124 cm³/mol. The number of hydrogen-bond acceptors (Lipinski definition) is 14. The SMILES string of the molecule is C[C@H]1[C@H](NC(=O)/C(=N\OC(C)(C)C(=O)[O-])c2csc(N)n2)C(=O)N1OCC(=O)OCOC(=O)C(C)(C)C.[Na+]. The van der Waals surface area contributed by atoms with Crippen molar-refractivity contribution in [3.05, 3.63) is 11.1 Å². The van der Waals surface area contributed by atoms with Gasteiger partial charge in [-0.15, -0.1) is 11.3 Å². The van der Waals surface area contributed by atoms with Gasteiger partial charge in [0.25, 0.3) is 11.8 Å². The number of nitrogen functional groups attached to an aromatic ring is 1. The quantitative estimate of drug-likeness (QED) is 0.0652. The third-order valence-electron chi connectivity index (χ3n) is 4.80. The van der Waals surface area contributed by atoms with Gasteiger partial charge < -0.3 is 35.3 Å². The molecule has 2 atom stereocenters. The van der Waals surface area contributed by atoms with Crippen LogP contribution in [0.25, 0.3) is 0 Å². The summed E-state index contributed by atoms with van der Waals surface area (Å²) in [6, 6.07) is -1.77. The first-order chi connectivity index (χ1) is 17.0. The number of hydroxylamine groups is 2. The first-order valence-corrected chi connectivity index (χ1v) is 11.7. The van der Waals surface area contributed by atoms with E-state index in [2.05, 4.69) is 15.5 Å². The molecular formula is C21H28N5NaO10S. The van der Waals surface area contributed by atoms with E-state index in [1.807, 2.05) is 0 Å². The fraction of sp³-hybridized carbons (Fsp3) is 0.571. The van der Waals surface area contributed by atoms with Gasteiger partial charge in [0.15, 0.2) is 23.1 Å². The van der Waals surface area contributed by atoms with Gasteiger partial charge >= 0.3 is 41.5 Å². The minimum absolute atomic E-state index is 0. The number of anilines is 1. The van der Waals surface area contributed by atoms with Crippen LogP contribution in [0.3, 0.4) is 0 Å². The second-order valence-electron chi connectivity index (χ2n) is 9.35. The Hall–Kier alpha value is -2.79. The summed E-state index contributed by atoms with van der Waals surface area (Å²) in [6.07, 6.45) is 0. The molecule has 0 unspecified atom stereocenters. The van der Waals surface area contributed by atoms with Crippen molar-refractivity contribution in [2.24, 2.45) is 10.6 Å². The van der Waals surface area contributed by atoms with E-state index in [0.29, 0.717) is 0 Å². The molecule has 1 aliphatic heterocycles. The van der Waals surface area contributed by atoms with Crippen molar-refractivity contribution in [3.63, 3.8) is 0 Å². The zero-order chi connectivity index (χ0) is 28.1. The van der Waals surface area contributed by atoms with Crippen LogP contribution in [0.4, 0.5) is 5.13 Å². The van der Waals surface area contributed by atoms with E-state index in [0.717, 1.165) is 16.4 Å². The first-order valence-electron chi connectivity index (χ1n) is 10.8. The largest absolute Gasteiger partial charge is 1.00 e. The van der Waals surface area contributed by atoms with E-state index in [1.54, 1.807) is 20.8 Å². The topological polar surface area (TPSA) is 212 Å². The summed E-state index contributed by atoms with van der Waals surface area (Å²) in [4.78, 5) is 74.0. The standard InChI is InChI=1S/C21H29N5O10S.Na/c1-10-13(16(29)26(10)35-7-12(27)33-9-34-18(32)20(2,3)4)24-15(28)14(11-8-37-19(22)23-11)25-36-21(5,6)17(30)31;/h8,10,13H,7,9H2,1-6H3,(H2,22,23)(H,24,28)(H,30,31);/q;+1/p-1/b25-14-;/t10-,13-;/m0./s1. The van der Waals surface area contributed by atoms with Crippen LogP contribution in [-0.4, -0.2) is 76.6 Å². The molecule has 3 N–H and O–H groups in total. The van der Waals surface area contributed by atoms with E-state index in [-0.39, 0.29) is 40.4 Å². The first kappa shape index (κ1) is 33.2. The fourth-order valence-corrected chi connectivity index (χ4v) is 3.05. The number of hydrogen-bond donors (Lipinski definition) is 2. The number of aliphatic carboxylic acids is 1. The van der Waals surface area contributed by atoms with Crippen LogP contribution < -0.4 is 45.7 Å². The number of ether oxygens (including phenoxy) is 2. The molecule has 1 aromatic heterocycles. The van der Waals surface area contributed by atoms with E-state index < -0.39 is 71.9 Å². The Morgan fingerprint density at radius 1 is 1.21 bits per heavy atom. The zero-order valence-corrected chi connectivity index (χ0v) is 24.9. The molecule has 0 bridgehead atoms. The van der Waals surface area contributed by atoms with Crippen molar-refractivity contribution in [2.45, 2.75) is 59.2 Å². The number of oxime groups is 1. The van der Waals surface area contributed by atoms with Crippen molar-refractivity contribution >= 4 is 51.9 Å². The van der Waals surface area contributed by atoms with Gasteiger partial charge in [-0.05, 0) is 41.5 Å². The number of carboxylic acid groups (broad SMARTS) is 1. The minimum atomic E-state index is -1.86. The summed E-state index contributed by atoms with van der Waals surface area (Å²) >= 11 is 1.00. The summed E-state index contributed by atoms with van der Waals surface area (Å²) < 4.78 is 9.54. The number of nitrogens with two attached hydrogens (primary N) is 1.